The molecule has 188 valence electrons. The first-order valence-electron chi connectivity index (χ1n) is 11.5. The Labute approximate surface area is 206 Å². The zero-order valence-electron chi connectivity index (χ0n) is 19.1. The second-order valence-corrected chi connectivity index (χ2v) is 9.57. The number of carbonyl (C=O) groups is 1. The third kappa shape index (κ3) is 6.08. The van der Waals surface area contributed by atoms with Crippen LogP contribution >= 0.6 is 11.8 Å². The number of aryl methyl sites for hydroxylation is 1. The number of aliphatic carboxylic acids is 1. The van der Waals surface area contributed by atoms with E-state index in [1.807, 2.05) is 18.2 Å². The Morgan fingerprint density at radius 2 is 2.00 bits per heavy atom. The lowest BCUT2D eigenvalue weighted by atomic mass is 10.1. The third-order valence-corrected chi connectivity index (χ3v) is 7.01. The lowest BCUT2D eigenvalue weighted by molar-refractivity contribution is -0.138. The molecule has 35 heavy (non-hydrogen) atoms. The van der Waals surface area contributed by atoms with Crippen LogP contribution in [0, 0.1) is 0 Å². The molecule has 12 heteroatoms. The molecule has 1 aromatic carbocycles. The van der Waals surface area contributed by atoms with Crippen molar-refractivity contribution in [3.05, 3.63) is 48.5 Å². The van der Waals surface area contributed by atoms with Crippen LogP contribution in [0.25, 0.3) is 11.2 Å². The number of aliphatic hydroxyl groups is 2. The van der Waals surface area contributed by atoms with Crippen molar-refractivity contribution in [1.29, 1.82) is 0 Å². The van der Waals surface area contributed by atoms with Crippen LogP contribution in [-0.2, 0) is 16.0 Å². The molecule has 0 spiro atoms. The number of hydrogen-bond acceptors (Lipinski definition) is 10. The van der Waals surface area contributed by atoms with Gasteiger partial charge >= 0.3 is 5.97 Å². The van der Waals surface area contributed by atoms with Gasteiger partial charge in [0.2, 0.25) is 0 Å². The van der Waals surface area contributed by atoms with Gasteiger partial charge in [-0.25, -0.2) is 15.0 Å². The average molecular weight is 503 g/mol. The van der Waals surface area contributed by atoms with Crippen LogP contribution < -0.4 is 11.1 Å². The van der Waals surface area contributed by atoms with Gasteiger partial charge in [0.1, 0.15) is 24.6 Å². The van der Waals surface area contributed by atoms with Gasteiger partial charge in [0.25, 0.3) is 0 Å². The zero-order valence-corrected chi connectivity index (χ0v) is 19.9. The second kappa shape index (κ2) is 11.8. The van der Waals surface area contributed by atoms with Gasteiger partial charge in [0, 0.05) is 12.3 Å². The van der Waals surface area contributed by atoms with E-state index in [9.17, 15) is 15.0 Å². The van der Waals surface area contributed by atoms with Gasteiger partial charge in [-0.1, -0.05) is 30.3 Å². The molecule has 5 atom stereocenters. The van der Waals surface area contributed by atoms with Gasteiger partial charge in [-0.3, -0.25) is 9.36 Å². The molecule has 1 unspecified atom stereocenters. The minimum Gasteiger partial charge on any atom is -0.480 e. The van der Waals surface area contributed by atoms with Crippen LogP contribution in [0.3, 0.4) is 0 Å². The van der Waals surface area contributed by atoms with E-state index in [0.29, 0.717) is 41.5 Å². The summed E-state index contributed by atoms with van der Waals surface area (Å²) in [5, 5.41) is 33.3. The van der Waals surface area contributed by atoms with E-state index in [-0.39, 0.29) is 0 Å². The lowest BCUT2D eigenvalue weighted by Gasteiger charge is -2.16. The van der Waals surface area contributed by atoms with Crippen LogP contribution in [0.4, 0.5) is 5.82 Å². The minimum atomic E-state index is -1.17. The predicted molar refractivity (Wildman–Crippen MR) is 132 cm³/mol. The minimum absolute atomic E-state index is 0.305. The van der Waals surface area contributed by atoms with E-state index < -0.39 is 36.6 Å². The topological polar surface area (TPSA) is 169 Å². The molecule has 3 aromatic rings. The second-order valence-electron chi connectivity index (χ2n) is 8.42. The molecule has 3 heterocycles. The summed E-state index contributed by atoms with van der Waals surface area (Å²) in [6, 6.07) is 9.33. The summed E-state index contributed by atoms with van der Waals surface area (Å²) in [5.74, 6) is 0.437. The summed E-state index contributed by atoms with van der Waals surface area (Å²) in [6.45, 7) is 0.708. The number of thioether (sulfide) groups is 1. The summed E-state index contributed by atoms with van der Waals surface area (Å²) in [6.07, 6.45) is 1.36. The van der Waals surface area contributed by atoms with E-state index in [4.69, 9.17) is 15.6 Å². The van der Waals surface area contributed by atoms with Crippen molar-refractivity contribution in [3.63, 3.8) is 0 Å². The first-order valence-corrected chi connectivity index (χ1v) is 12.6. The number of ether oxygens (including phenoxy) is 1. The Balaban J connectivity index is 1.35. The van der Waals surface area contributed by atoms with Gasteiger partial charge in [-0.05, 0) is 30.6 Å². The molecule has 0 bridgehead atoms. The van der Waals surface area contributed by atoms with Crippen LogP contribution in [0.1, 0.15) is 24.6 Å². The normalized spacial score (nSPS) is 22.9. The quantitative estimate of drug-likeness (QED) is 0.224. The molecule has 1 aliphatic rings. The van der Waals surface area contributed by atoms with Crippen LogP contribution in [-0.4, -0.2) is 83.2 Å². The maximum Gasteiger partial charge on any atom is 0.320 e. The molecule has 1 saturated heterocycles. The molecule has 1 aliphatic heterocycles. The molecule has 4 rings (SSSR count). The zero-order chi connectivity index (χ0) is 24.8. The number of nitrogens with one attached hydrogen (secondary N) is 1. The fourth-order valence-corrected chi connectivity index (χ4v) is 5.04. The van der Waals surface area contributed by atoms with Crippen molar-refractivity contribution in [2.24, 2.45) is 5.73 Å². The van der Waals surface area contributed by atoms with Gasteiger partial charge < -0.3 is 31.1 Å². The number of nitrogens with zero attached hydrogens (tertiary/aromatic N) is 4. The Bertz CT molecular complexity index is 1120. The van der Waals surface area contributed by atoms with Gasteiger partial charge in [-0.15, -0.1) is 0 Å². The largest absolute Gasteiger partial charge is 0.480 e. The maximum atomic E-state index is 10.8. The summed E-state index contributed by atoms with van der Waals surface area (Å²) < 4.78 is 7.56. The van der Waals surface area contributed by atoms with E-state index in [0.717, 1.165) is 12.8 Å². The molecule has 2 aromatic heterocycles. The molecule has 0 radical (unpaired) electrons. The number of rotatable bonds is 12. The molecule has 0 aliphatic carbocycles. The highest BCUT2D eigenvalue weighted by Gasteiger charge is 2.44. The highest BCUT2D eigenvalue weighted by atomic mass is 32.2. The number of hydrogen-bond donors (Lipinski definition) is 5. The van der Waals surface area contributed by atoms with Gasteiger partial charge in [0.05, 0.1) is 12.4 Å². The van der Waals surface area contributed by atoms with Crippen LogP contribution in [0.15, 0.2) is 43.0 Å². The van der Waals surface area contributed by atoms with Crippen molar-refractivity contribution >= 4 is 34.7 Å². The van der Waals surface area contributed by atoms with Crippen molar-refractivity contribution < 1.29 is 24.9 Å². The molecule has 1 fully saturated rings. The fraction of sp³-hybridized carbons (Fsp3) is 0.478. The molecule has 0 saturated carbocycles. The van der Waals surface area contributed by atoms with Crippen molar-refractivity contribution in [2.75, 3.05) is 23.4 Å². The molecular weight excluding hydrogens is 472 g/mol. The number of aliphatic hydroxyl groups excluding tert-OH is 2. The van der Waals surface area contributed by atoms with Crippen molar-refractivity contribution in [2.45, 2.75) is 49.8 Å². The number of carboxylic acid groups (broad SMARTS) is 1. The van der Waals surface area contributed by atoms with Crippen LogP contribution in [0.5, 0.6) is 0 Å². The Hall–Kier alpha value is -2.77. The number of aromatic nitrogens is 4. The Kier molecular flexibility index (Phi) is 8.52. The van der Waals surface area contributed by atoms with Crippen molar-refractivity contribution in [1.82, 2.24) is 19.5 Å². The number of carboxylic acids is 1. The summed E-state index contributed by atoms with van der Waals surface area (Å²) >= 11 is 1.42. The highest BCUT2D eigenvalue weighted by Crippen LogP contribution is 2.33. The summed E-state index contributed by atoms with van der Waals surface area (Å²) in [4.78, 5) is 23.9. The monoisotopic (exact) mass is 502 g/mol. The van der Waals surface area contributed by atoms with E-state index in [1.54, 1.807) is 4.57 Å². The first kappa shape index (κ1) is 25.3. The van der Waals surface area contributed by atoms with E-state index in [2.05, 4.69) is 32.4 Å². The lowest BCUT2D eigenvalue weighted by Crippen LogP contribution is -2.33. The fourth-order valence-electron chi connectivity index (χ4n) is 3.94. The standard InChI is InChI=1S/C23H30N6O5S/c24-15(23(32)33)8-10-35-11-16-18(30)19(31)22(34-16)29-13-28-17-20(26-12-27-21(17)29)25-9-4-7-14-5-2-1-3-6-14/h1-3,5-6,12-13,15-16,18-19,22,30-31H,4,7-11,24H2,(H,32,33)(H,25,26,27)/t15?,16-,18-,19-,22-/m1/s1. The Morgan fingerprint density at radius 1 is 1.20 bits per heavy atom. The van der Waals surface area contributed by atoms with E-state index >= 15 is 0 Å². The number of imidazole rings is 1. The number of nitrogens with two attached hydrogens (primary N) is 1. The third-order valence-electron chi connectivity index (χ3n) is 5.92. The number of benzene rings is 1. The number of anilines is 1. The van der Waals surface area contributed by atoms with E-state index in [1.165, 1.54) is 30.0 Å². The number of fused-ring (bicyclic) bond motifs is 1. The maximum absolute atomic E-state index is 10.8. The Morgan fingerprint density at radius 3 is 2.77 bits per heavy atom. The molecule has 0 amide bonds. The molecule has 6 N–H and O–H groups in total. The highest BCUT2D eigenvalue weighted by molar-refractivity contribution is 7.99. The predicted octanol–water partition coefficient (Wildman–Crippen LogP) is 1.03. The van der Waals surface area contributed by atoms with Gasteiger partial charge in [-0.2, -0.15) is 11.8 Å². The van der Waals surface area contributed by atoms with Crippen molar-refractivity contribution in [3.8, 4) is 0 Å². The van der Waals surface area contributed by atoms with Crippen LogP contribution in [0.2, 0.25) is 0 Å². The first-order chi connectivity index (χ1) is 17.0. The smallest absolute Gasteiger partial charge is 0.320 e. The molecule has 11 nitrogen and oxygen atoms in total. The van der Waals surface area contributed by atoms with Gasteiger partial charge in [0.15, 0.2) is 23.2 Å². The molecular formula is C23H30N6O5S. The summed E-state index contributed by atoms with van der Waals surface area (Å²) in [7, 11) is 0. The SMILES string of the molecule is NC(CCSC[C@H]1O[C@@H](n2cnc3c(NCCCc4ccccc4)ncnc32)[C@H](O)[C@@H]1O)C(=O)O. The summed E-state index contributed by atoms with van der Waals surface area (Å²) in [5.41, 5.74) is 7.83. The average Bonchev–Trinajstić information content (AvgIpc) is 3.41.